The van der Waals surface area contributed by atoms with Gasteiger partial charge in [-0.1, -0.05) is 222 Å². The highest BCUT2D eigenvalue weighted by Crippen LogP contribution is 2.38. The maximum absolute atomic E-state index is 14.5. The Balaban J connectivity index is 0.000000193. The van der Waals surface area contributed by atoms with E-state index < -0.39 is 127 Å². The van der Waals surface area contributed by atoms with Crippen LogP contribution in [0, 0.1) is 17.5 Å². The first-order valence-electron chi connectivity index (χ1n) is 52.7. The van der Waals surface area contributed by atoms with Gasteiger partial charge in [0, 0.05) is 121 Å². The third-order valence-electron chi connectivity index (χ3n) is 24.1. The van der Waals surface area contributed by atoms with Gasteiger partial charge in [-0.05, 0) is 236 Å². The molecule has 0 radical (unpaired) electrons. The molecule has 141 heavy (non-hydrogen) atoms. The second-order valence-electron chi connectivity index (χ2n) is 33.2. The number of alkyl halides is 9. The van der Waals surface area contributed by atoms with E-state index in [4.69, 9.17) is 11.0 Å². The molecule has 3 aliphatic rings. The Labute approximate surface area is 845 Å². The van der Waals surface area contributed by atoms with Crippen LogP contribution in [0.4, 0.5) is 52.7 Å². The first kappa shape index (κ1) is 88.1. The van der Waals surface area contributed by atoms with E-state index in [9.17, 15) is 89.7 Å². The predicted octanol–water partition coefficient (Wildman–Crippen LogP) is 21.7. The smallest absolute Gasteiger partial charge is 0.336 e. The van der Waals surface area contributed by atoms with Crippen LogP contribution in [0.1, 0.15) is 164 Å². The molecule has 0 saturated heterocycles. The highest BCUT2D eigenvalue weighted by atomic mass is 32.2. The number of carbonyl (C=O) groups excluding carboxylic acids is 3. The number of amides is 3. The zero-order chi connectivity index (χ0) is 113. The average Bonchev–Trinajstić information content (AvgIpc) is 0.924. The van der Waals surface area contributed by atoms with E-state index in [0.29, 0.717) is 159 Å². The van der Waals surface area contributed by atoms with Crippen LogP contribution in [0.15, 0.2) is 248 Å². The van der Waals surface area contributed by atoms with E-state index in [0.717, 1.165) is 119 Å². The Hall–Kier alpha value is -11.9. The first-order chi connectivity index (χ1) is 72.6. The Morgan fingerprint density at radius 2 is 0.532 bits per heavy atom. The summed E-state index contributed by atoms with van der Waals surface area (Å²) in [4.78, 5) is 103. The van der Waals surface area contributed by atoms with Crippen LogP contribution in [0.25, 0.3) is 33.4 Å². The maximum Gasteiger partial charge on any atom is 0.416 e. The number of rotatable bonds is 39. The van der Waals surface area contributed by atoms with Crippen molar-refractivity contribution < 1.29 is 86.3 Å². The van der Waals surface area contributed by atoms with Crippen LogP contribution in [-0.2, 0) is 128 Å². The molecule has 3 aromatic heterocycles. The number of benzene rings is 9. The summed E-state index contributed by atoms with van der Waals surface area (Å²) in [5.41, 5.74) is 5.77. The Kier molecular flexibility index (Phi) is 31.0. The van der Waals surface area contributed by atoms with E-state index in [1.54, 1.807) is 109 Å². The van der Waals surface area contributed by atoms with Crippen molar-refractivity contribution in [3.8, 4) is 33.4 Å². The molecule has 15 rings (SSSR count). The SMILES string of the molecule is [2H]C([2H])(C(=O)N(CCN(CC)CC)Cc1ccc(-c2ccc(C(F)(F)F)cc2)cc1)n1c(SCc2ccc(F)cc2)nc(=O)c2c1CCC2.[2H]C([2H])(C)N(CCN(Cc1ccc(-c2ccc(C(F)(F)F)cc2)cc1)C(=O)C([2H])([2H])n1c(SCc2ccc(F)cc2)nc(=O)c2c1CCC2)C([2H])([2H])C.[2H]C([2H])(C)N(CCN(Cc1ccc(-c2ccc(C(F)(F)F)cc2)cc1)C(=O)C([2H])([2H])n1c(SCc2ccc(F)cc2)nc(=O)c2c1CCC2)C([2H])([2H])C. The van der Waals surface area contributed by atoms with Gasteiger partial charge in [-0.3, -0.25) is 28.8 Å². The van der Waals surface area contributed by atoms with Crippen molar-refractivity contribution in [1.29, 1.82) is 0 Å². The molecule has 0 bridgehead atoms. The summed E-state index contributed by atoms with van der Waals surface area (Å²) >= 11 is 3.16. The summed E-state index contributed by atoms with van der Waals surface area (Å²) in [6, 6.07) is 51.6. The Morgan fingerprint density at radius 3 is 0.752 bits per heavy atom. The number of carbonyl (C=O) groups is 3. The molecule has 18 nitrogen and oxygen atoms in total. The highest BCUT2D eigenvalue weighted by Gasteiger charge is 2.35. The topological polar surface area (TPSA) is 175 Å². The van der Waals surface area contributed by atoms with Gasteiger partial charge in [-0.2, -0.15) is 54.5 Å². The molecular formula is C108H114F12N12O6S3. The van der Waals surface area contributed by atoms with Crippen LogP contribution in [0.3, 0.4) is 0 Å². The summed E-state index contributed by atoms with van der Waals surface area (Å²) in [5.74, 6) is -3.46. The molecule has 0 N–H and O–H groups in total. The molecule has 0 spiro atoms. The molecule has 3 aliphatic carbocycles. The second kappa shape index (κ2) is 49.7. The molecule has 744 valence electrons. The molecule has 3 heterocycles. The molecule has 0 unspecified atom stereocenters. The van der Waals surface area contributed by atoms with Gasteiger partial charge in [0.25, 0.3) is 16.7 Å². The van der Waals surface area contributed by atoms with Crippen molar-refractivity contribution in [1.82, 2.24) is 58.1 Å². The first-order valence-corrected chi connectivity index (χ1v) is 48.6. The minimum absolute atomic E-state index is 0.0458. The summed E-state index contributed by atoms with van der Waals surface area (Å²) in [6.45, 7) is -7.38. The number of halogens is 12. The number of likely N-dealkylation sites (N-methyl/N-ethyl adjacent to an activating group) is 3. The van der Waals surface area contributed by atoms with E-state index in [1.807, 2.05) is 13.8 Å². The number of thioether (sulfide) groups is 3. The van der Waals surface area contributed by atoms with Crippen molar-refractivity contribution in [2.45, 2.75) is 190 Å². The van der Waals surface area contributed by atoms with Crippen molar-refractivity contribution in [3.05, 3.63) is 351 Å². The molecule has 0 saturated carbocycles. The van der Waals surface area contributed by atoms with Gasteiger partial charge in [0.05, 0.1) is 24.9 Å². The standard InChI is InChI=1S/3C36H38F4N4O2S/c3*1-3-42(4-2)20-21-43(22-25-8-12-27(13-9-25)28-14-16-29(17-15-28)36(38,39)40)33(45)23-44-32-7-5-6-31(32)34(46)41-35(44)47-24-26-10-18-30(37)19-11-26/h3*8-19H,3-7,20-24H2,1-2H3/i2*3D2,4D2,23D2;23D2. The van der Waals surface area contributed by atoms with Crippen molar-refractivity contribution >= 4 is 53.0 Å². The Morgan fingerprint density at radius 1 is 0.312 bits per heavy atom. The quantitative estimate of drug-likeness (QED) is 0.0202. The molecule has 0 aliphatic heterocycles. The van der Waals surface area contributed by atoms with E-state index in [-0.39, 0.29) is 90.9 Å². The summed E-state index contributed by atoms with van der Waals surface area (Å²) in [6.07, 6.45) is -9.45. The normalized spacial score (nSPS) is 15.0. The fraction of sp³-hybridized carbons (Fsp3) is 0.361. The fourth-order valence-electron chi connectivity index (χ4n) is 16.2. The highest BCUT2D eigenvalue weighted by molar-refractivity contribution is 7.98. The molecule has 0 fully saturated rings. The third kappa shape index (κ3) is 29.2. The minimum atomic E-state index is -4.49. The van der Waals surface area contributed by atoms with Crippen molar-refractivity contribution in [2.24, 2.45) is 0 Å². The van der Waals surface area contributed by atoms with Crippen molar-refractivity contribution in [3.63, 3.8) is 0 Å². The zero-order valence-corrected chi connectivity index (χ0v) is 80.6. The van der Waals surface area contributed by atoms with Gasteiger partial charge >= 0.3 is 18.5 Å². The zero-order valence-electron chi connectivity index (χ0n) is 92.1. The van der Waals surface area contributed by atoms with Gasteiger partial charge in [0.15, 0.2) is 15.5 Å². The lowest BCUT2D eigenvalue weighted by atomic mass is 10.0. The number of hydrogen-bond donors (Lipinski definition) is 0. The lowest BCUT2D eigenvalue weighted by Gasteiger charge is -2.28. The summed E-state index contributed by atoms with van der Waals surface area (Å²) < 4.78 is 283. The van der Waals surface area contributed by atoms with Crippen LogP contribution in [0.5, 0.6) is 0 Å². The van der Waals surface area contributed by atoms with E-state index in [1.165, 1.54) is 110 Å². The van der Waals surface area contributed by atoms with Crippen LogP contribution < -0.4 is 16.7 Å². The molecular weight excluding hydrogens is 1890 g/mol. The van der Waals surface area contributed by atoms with Gasteiger partial charge in [0.1, 0.15) is 36.9 Å². The molecule has 3 amide bonds. The van der Waals surface area contributed by atoms with Crippen molar-refractivity contribution in [2.75, 3.05) is 78.3 Å². The largest absolute Gasteiger partial charge is 0.416 e. The molecule has 9 aromatic carbocycles. The summed E-state index contributed by atoms with van der Waals surface area (Å²) in [5, 5.41) is -0.0101. The summed E-state index contributed by atoms with van der Waals surface area (Å²) in [7, 11) is 0. The number of nitrogens with zero attached hydrogens (tertiary/aromatic N) is 12. The minimum Gasteiger partial charge on any atom is -0.336 e. The van der Waals surface area contributed by atoms with Gasteiger partial charge < -0.3 is 43.1 Å². The predicted molar refractivity (Wildman–Crippen MR) is 530 cm³/mol. The van der Waals surface area contributed by atoms with Crippen LogP contribution in [-0.4, -0.2) is 154 Å². The average molecular weight is 2010 g/mol. The van der Waals surface area contributed by atoms with Gasteiger partial charge in [-0.15, -0.1) is 0 Å². The lowest BCUT2D eigenvalue weighted by Crippen LogP contribution is -2.40. The fourth-order valence-corrected chi connectivity index (χ4v) is 19.0. The Bertz CT molecular complexity index is 6800. The number of aromatic nitrogens is 6. The van der Waals surface area contributed by atoms with Gasteiger partial charge in [0.2, 0.25) is 17.7 Å². The third-order valence-corrected chi connectivity index (χ3v) is 27.1. The molecule has 12 aromatic rings. The lowest BCUT2D eigenvalue weighted by molar-refractivity contribution is -0.138. The maximum atomic E-state index is 14.5. The number of fused-ring (bicyclic) bond motifs is 3. The van der Waals surface area contributed by atoms with Crippen LogP contribution >= 0.6 is 35.3 Å². The molecule has 33 heteroatoms. The second-order valence-corrected chi connectivity index (χ2v) is 36.1. The molecule has 0 atom stereocenters. The van der Waals surface area contributed by atoms with E-state index in [2.05, 4.69) is 19.9 Å². The van der Waals surface area contributed by atoms with E-state index >= 15 is 0 Å². The monoisotopic (exact) mass is 2010 g/mol. The number of hydrogen-bond acceptors (Lipinski definition) is 15. The van der Waals surface area contributed by atoms with Gasteiger partial charge in [-0.25, -0.2) is 13.2 Å². The van der Waals surface area contributed by atoms with Crippen LogP contribution in [0.2, 0.25) is 0 Å².